The van der Waals surface area contributed by atoms with Gasteiger partial charge in [-0.25, -0.2) is 9.79 Å². The highest BCUT2D eigenvalue weighted by atomic mass is 16.5. The van der Waals surface area contributed by atoms with E-state index in [0.29, 0.717) is 11.8 Å². The zero-order valence-electron chi connectivity index (χ0n) is 16.1. The molecule has 3 aliphatic heterocycles. The summed E-state index contributed by atoms with van der Waals surface area (Å²) in [5, 5.41) is 0. The third kappa shape index (κ3) is 2.69. The Balaban J connectivity index is 1.46. The Morgan fingerprint density at radius 2 is 1.76 bits per heavy atom. The quantitative estimate of drug-likeness (QED) is 0.811. The zero-order chi connectivity index (χ0) is 20.1. The van der Waals surface area contributed by atoms with E-state index in [-0.39, 0.29) is 18.5 Å². The molecular formula is C22H20N4O3. The molecule has 1 saturated heterocycles. The van der Waals surface area contributed by atoms with Crippen molar-refractivity contribution in [3.8, 4) is 0 Å². The number of amides is 3. The van der Waals surface area contributed by atoms with Gasteiger partial charge in [-0.05, 0) is 18.1 Å². The van der Waals surface area contributed by atoms with Crippen molar-refractivity contribution in [1.29, 1.82) is 0 Å². The Kier molecular flexibility index (Phi) is 3.91. The van der Waals surface area contributed by atoms with Crippen LogP contribution in [0.25, 0.3) is 5.76 Å². The number of aliphatic imine (C=N–C) groups is 1. The molecule has 0 spiro atoms. The lowest BCUT2D eigenvalue weighted by atomic mass is 10.1. The monoisotopic (exact) mass is 388 g/mol. The van der Waals surface area contributed by atoms with Crippen molar-refractivity contribution in [3.63, 3.8) is 0 Å². The summed E-state index contributed by atoms with van der Waals surface area (Å²) in [6, 6.07) is 16.8. The second kappa shape index (κ2) is 6.48. The number of urea groups is 1. The first kappa shape index (κ1) is 17.5. The number of imide groups is 1. The predicted octanol–water partition coefficient (Wildman–Crippen LogP) is 2.78. The molecule has 146 valence electrons. The van der Waals surface area contributed by atoms with Crippen LogP contribution in [0.3, 0.4) is 0 Å². The van der Waals surface area contributed by atoms with Crippen LogP contribution in [0.5, 0.6) is 0 Å². The largest absolute Gasteiger partial charge is 0.423 e. The molecule has 2 aromatic carbocycles. The van der Waals surface area contributed by atoms with Crippen molar-refractivity contribution in [1.82, 2.24) is 14.7 Å². The smallest absolute Gasteiger partial charge is 0.328 e. The number of likely N-dealkylation sites (N-methyl/N-ethyl adjacent to an activating group) is 1. The molecule has 2 unspecified atom stereocenters. The van der Waals surface area contributed by atoms with E-state index >= 15 is 0 Å². The zero-order valence-corrected chi connectivity index (χ0v) is 16.1. The van der Waals surface area contributed by atoms with Gasteiger partial charge >= 0.3 is 6.03 Å². The fourth-order valence-electron chi connectivity index (χ4n) is 3.92. The van der Waals surface area contributed by atoms with Gasteiger partial charge in [0.15, 0.2) is 18.0 Å². The fraction of sp³-hybridized carbons (Fsp3) is 0.227. The van der Waals surface area contributed by atoms with Crippen molar-refractivity contribution in [3.05, 3.63) is 77.5 Å². The molecule has 2 atom stereocenters. The Bertz CT molecular complexity index is 1060. The van der Waals surface area contributed by atoms with Crippen molar-refractivity contribution in [2.24, 2.45) is 4.99 Å². The van der Waals surface area contributed by atoms with Gasteiger partial charge in [0, 0.05) is 12.6 Å². The summed E-state index contributed by atoms with van der Waals surface area (Å²) in [6.07, 6.45) is 1.21. The second-order valence-electron chi connectivity index (χ2n) is 7.38. The molecule has 3 aliphatic rings. The predicted molar refractivity (Wildman–Crippen MR) is 107 cm³/mol. The minimum absolute atomic E-state index is 0.233. The van der Waals surface area contributed by atoms with E-state index in [0.717, 1.165) is 16.7 Å². The molecule has 3 amide bonds. The lowest BCUT2D eigenvalue weighted by Crippen LogP contribution is -2.63. The topological polar surface area (TPSA) is 65.5 Å². The van der Waals surface area contributed by atoms with Crippen LogP contribution in [-0.2, 0) is 16.1 Å². The number of benzene rings is 2. The maximum Gasteiger partial charge on any atom is 0.328 e. The summed E-state index contributed by atoms with van der Waals surface area (Å²) in [5.41, 5.74) is 2.89. The Morgan fingerprint density at radius 3 is 2.52 bits per heavy atom. The first-order valence-corrected chi connectivity index (χ1v) is 9.48. The number of carbonyl (C=O) groups excluding carboxylic acids is 2. The van der Waals surface area contributed by atoms with Crippen molar-refractivity contribution >= 4 is 23.7 Å². The van der Waals surface area contributed by atoms with E-state index < -0.39 is 12.2 Å². The van der Waals surface area contributed by atoms with Crippen LogP contribution in [0.2, 0.25) is 0 Å². The number of rotatable bonds is 3. The standard InChI is InChI=1S/C22H20N4O3/c1-14-8-6-7-11-16(14)12-26-20(27)18-19(24(2)22(26)28)23-21-25(18)13-17(29-21)15-9-4-3-5-10-15/h3-11,13,18-19H,12H2,1-2H3. The normalized spacial score (nSPS) is 22.9. The second-order valence-corrected chi connectivity index (χ2v) is 7.38. The number of nitrogens with zero attached hydrogens (tertiary/aromatic N) is 4. The Morgan fingerprint density at radius 1 is 1.03 bits per heavy atom. The summed E-state index contributed by atoms with van der Waals surface area (Å²) in [6.45, 7) is 2.21. The van der Waals surface area contributed by atoms with Gasteiger partial charge < -0.3 is 9.64 Å². The first-order valence-electron chi connectivity index (χ1n) is 9.48. The number of fused-ring (bicyclic) bond motifs is 3. The van der Waals surface area contributed by atoms with Crippen LogP contribution in [0.4, 0.5) is 4.79 Å². The lowest BCUT2D eigenvalue weighted by Gasteiger charge is -2.40. The van der Waals surface area contributed by atoms with E-state index in [9.17, 15) is 9.59 Å². The summed E-state index contributed by atoms with van der Waals surface area (Å²) >= 11 is 0. The van der Waals surface area contributed by atoms with Crippen LogP contribution in [0.1, 0.15) is 16.7 Å². The molecule has 2 aromatic rings. The Hall–Kier alpha value is -3.61. The number of amidine groups is 1. The van der Waals surface area contributed by atoms with Crippen molar-refractivity contribution in [2.75, 3.05) is 7.05 Å². The Labute approximate surface area is 168 Å². The molecule has 5 rings (SSSR count). The van der Waals surface area contributed by atoms with Crippen molar-refractivity contribution in [2.45, 2.75) is 25.7 Å². The van der Waals surface area contributed by atoms with Crippen LogP contribution < -0.4 is 0 Å². The van der Waals surface area contributed by atoms with Crippen LogP contribution in [0, 0.1) is 6.92 Å². The van der Waals surface area contributed by atoms with Gasteiger partial charge in [-0.15, -0.1) is 0 Å². The molecule has 7 heteroatoms. The number of carbonyl (C=O) groups is 2. The van der Waals surface area contributed by atoms with Gasteiger partial charge in [-0.3, -0.25) is 14.6 Å². The minimum Gasteiger partial charge on any atom is -0.423 e. The maximum atomic E-state index is 13.3. The van der Waals surface area contributed by atoms with E-state index in [4.69, 9.17) is 4.74 Å². The van der Waals surface area contributed by atoms with Crippen LogP contribution in [0.15, 0.2) is 65.8 Å². The number of ether oxygens (including phenoxy) is 1. The molecule has 29 heavy (non-hydrogen) atoms. The first-order chi connectivity index (χ1) is 14.0. The van der Waals surface area contributed by atoms with Crippen LogP contribution >= 0.6 is 0 Å². The van der Waals surface area contributed by atoms with Gasteiger partial charge in [0.2, 0.25) is 0 Å². The molecule has 0 aliphatic carbocycles. The molecule has 0 N–H and O–H groups in total. The summed E-state index contributed by atoms with van der Waals surface area (Å²) in [4.78, 5) is 35.3. The number of aryl methyl sites for hydroxylation is 1. The number of hydrogen-bond acceptors (Lipinski definition) is 5. The fourth-order valence-corrected chi connectivity index (χ4v) is 3.92. The van der Waals surface area contributed by atoms with Gasteiger partial charge in [0.1, 0.15) is 0 Å². The SMILES string of the molecule is Cc1ccccc1CN1C(=O)C2C(N=C3OC(c4ccccc4)=CN32)N(C)C1=O. The summed E-state index contributed by atoms with van der Waals surface area (Å²) in [7, 11) is 1.67. The molecule has 3 heterocycles. The van der Waals surface area contributed by atoms with Gasteiger partial charge in [0.25, 0.3) is 11.9 Å². The third-order valence-electron chi connectivity index (χ3n) is 5.60. The minimum atomic E-state index is -0.627. The highest BCUT2D eigenvalue weighted by Gasteiger charge is 2.54. The lowest BCUT2D eigenvalue weighted by molar-refractivity contribution is -0.137. The number of hydrogen-bond donors (Lipinski definition) is 0. The average Bonchev–Trinajstić information content (AvgIpc) is 3.30. The molecule has 7 nitrogen and oxygen atoms in total. The average molecular weight is 388 g/mol. The van der Waals surface area contributed by atoms with Gasteiger partial charge in [-0.2, -0.15) is 0 Å². The van der Waals surface area contributed by atoms with E-state index in [1.54, 1.807) is 18.1 Å². The highest BCUT2D eigenvalue weighted by Crippen LogP contribution is 2.35. The van der Waals surface area contributed by atoms with E-state index in [1.807, 2.05) is 61.5 Å². The van der Waals surface area contributed by atoms with E-state index in [1.165, 1.54) is 9.80 Å². The van der Waals surface area contributed by atoms with E-state index in [2.05, 4.69) is 4.99 Å². The third-order valence-corrected chi connectivity index (χ3v) is 5.60. The van der Waals surface area contributed by atoms with Crippen LogP contribution in [-0.4, -0.2) is 51.9 Å². The molecule has 0 bridgehead atoms. The van der Waals surface area contributed by atoms with Gasteiger partial charge in [-0.1, -0.05) is 54.6 Å². The summed E-state index contributed by atoms with van der Waals surface area (Å²) < 4.78 is 5.90. The highest BCUT2D eigenvalue weighted by molar-refractivity contribution is 6.04. The molecular weight excluding hydrogens is 368 g/mol. The molecule has 0 aromatic heterocycles. The van der Waals surface area contributed by atoms with Crippen molar-refractivity contribution < 1.29 is 14.3 Å². The summed E-state index contributed by atoms with van der Waals surface area (Å²) in [5.74, 6) is 0.370. The molecule has 0 radical (unpaired) electrons. The molecule has 0 saturated carbocycles. The maximum absolute atomic E-state index is 13.3. The molecule has 1 fully saturated rings. The van der Waals surface area contributed by atoms with Gasteiger partial charge in [0.05, 0.1) is 12.7 Å².